The first kappa shape index (κ1) is 12.4. The minimum atomic E-state index is 0.594. The summed E-state index contributed by atoms with van der Waals surface area (Å²) in [4.78, 5) is 4.42. The van der Waals surface area contributed by atoms with Crippen molar-refractivity contribution in [2.45, 2.75) is 37.3 Å². The summed E-state index contributed by atoms with van der Waals surface area (Å²) >= 11 is 6.29. The molecule has 0 amide bonds. The van der Waals surface area contributed by atoms with E-state index >= 15 is 0 Å². The number of nitrogens with zero attached hydrogens (tertiary/aromatic N) is 1. The largest absolute Gasteiger partial charge is 0.311 e. The fraction of sp³-hybridized carbons (Fsp3) is 0.353. The van der Waals surface area contributed by atoms with Gasteiger partial charge in [0.05, 0.1) is 0 Å². The van der Waals surface area contributed by atoms with Gasteiger partial charge in [0.1, 0.15) is 5.15 Å². The molecule has 3 heteroatoms. The molecule has 2 aliphatic rings. The van der Waals surface area contributed by atoms with Gasteiger partial charge < -0.3 is 5.32 Å². The van der Waals surface area contributed by atoms with Crippen LogP contribution in [0.3, 0.4) is 0 Å². The molecule has 2 nitrogen and oxygen atoms in total. The maximum absolute atomic E-state index is 6.29. The highest BCUT2D eigenvalue weighted by atomic mass is 35.5. The van der Waals surface area contributed by atoms with Crippen LogP contribution in [0.5, 0.6) is 0 Å². The lowest BCUT2D eigenvalue weighted by molar-refractivity contribution is 0.505. The molecule has 3 heterocycles. The monoisotopic (exact) mass is 284 g/mol. The van der Waals surface area contributed by atoms with Crippen molar-refractivity contribution in [2.24, 2.45) is 0 Å². The molecule has 0 radical (unpaired) electrons. The summed E-state index contributed by atoms with van der Waals surface area (Å²) in [5.41, 5.74) is 3.52. The summed E-state index contributed by atoms with van der Waals surface area (Å²) in [5.74, 6) is 0.598. The molecule has 3 atom stereocenters. The number of halogens is 1. The van der Waals surface area contributed by atoms with Gasteiger partial charge >= 0.3 is 0 Å². The molecule has 0 spiro atoms. The minimum absolute atomic E-state index is 0.594. The van der Waals surface area contributed by atoms with E-state index in [-0.39, 0.29) is 0 Å². The molecule has 20 heavy (non-hydrogen) atoms. The van der Waals surface area contributed by atoms with Crippen LogP contribution in [-0.4, -0.2) is 17.1 Å². The lowest BCUT2D eigenvalue weighted by Crippen LogP contribution is -2.21. The third-order valence-electron chi connectivity index (χ3n) is 4.67. The van der Waals surface area contributed by atoms with Gasteiger partial charge in [-0.1, -0.05) is 41.9 Å². The number of aromatic nitrogens is 1. The average Bonchev–Trinajstić information content (AvgIpc) is 3.11. The highest BCUT2D eigenvalue weighted by Crippen LogP contribution is 2.41. The Balaban J connectivity index is 1.72. The molecule has 2 bridgehead atoms. The van der Waals surface area contributed by atoms with Crippen molar-refractivity contribution in [2.75, 3.05) is 0 Å². The SMILES string of the molecule is Clc1ncc([C@H]2C[C@@H]3CC[C@H]2N3)cc1-c1ccccc1. The van der Waals surface area contributed by atoms with Gasteiger partial charge in [-0.25, -0.2) is 4.98 Å². The molecule has 0 unspecified atom stereocenters. The molecule has 102 valence electrons. The smallest absolute Gasteiger partial charge is 0.136 e. The highest BCUT2D eigenvalue weighted by Gasteiger charge is 2.39. The lowest BCUT2D eigenvalue weighted by atomic mass is 9.84. The van der Waals surface area contributed by atoms with E-state index in [1.165, 1.54) is 24.8 Å². The Hall–Kier alpha value is -1.38. The molecular weight excluding hydrogens is 268 g/mol. The van der Waals surface area contributed by atoms with Crippen LogP contribution in [-0.2, 0) is 0 Å². The standard InChI is InChI=1S/C17H17ClN2/c18-17-15(11-4-2-1-3-5-11)8-12(10-19-17)14-9-13-6-7-16(14)20-13/h1-5,8,10,13-14,16,20H,6-7,9H2/t13-,14+,16+/m0/s1. The fourth-order valence-corrected chi connectivity index (χ4v) is 3.89. The Morgan fingerprint density at radius 2 is 2.00 bits per heavy atom. The molecule has 1 aromatic heterocycles. The number of nitrogens with one attached hydrogen (secondary N) is 1. The Kier molecular flexibility index (Phi) is 3.01. The molecule has 2 saturated heterocycles. The Labute approximate surface area is 124 Å². The number of hydrogen-bond acceptors (Lipinski definition) is 2. The van der Waals surface area contributed by atoms with Gasteiger partial charge in [0.25, 0.3) is 0 Å². The fourth-order valence-electron chi connectivity index (χ4n) is 3.68. The predicted molar refractivity (Wildman–Crippen MR) is 82.0 cm³/mol. The molecule has 2 aliphatic heterocycles. The average molecular weight is 285 g/mol. The van der Waals surface area contributed by atoms with Crippen molar-refractivity contribution in [3.05, 3.63) is 53.3 Å². The number of hydrogen-bond donors (Lipinski definition) is 1. The topological polar surface area (TPSA) is 24.9 Å². The van der Waals surface area contributed by atoms with Crippen molar-refractivity contribution in [1.29, 1.82) is 0 Å². The van der Waals surface area contributed by atoms with Gasteiger partial charge in [0, 0.05) is 29.8 Å². The van der Waals surface area contributed by atoms with E-state index in [1.807, 2.05) is 24.4 Å². The Morgan fingerprint density at radius 1 is 1.15 bits per heavy atom. The summed E-state index contributed by atoms with van der Waals surface area (Å²) in [7, 11) is 0. The second-order valence-electron chi connectivity index (χ2n) is 5.86. The van der Waals surface area contributed by atoms with Crippen LogP contribution in [0.2, 0.25) is 5.15 Å². The van der Waals surface area contributed by atoms with Crippen LogP contribution in [0, 0.1) is 0 Å². The zero-order valence-electron chi connectivity index (χ0n) is 11.2. The van der Waals surface area contributed by atoms with Crippen LogP contribution in [0.4, 0.5) is 0 Å². The predicted octanol–water partition coefficient (Wildman–Crippen LogP) is 4.01. The Morgan fingerprint density at radius 3 is 2.70 bits per heavy atom. The first-order valence-corrected chi connectivity index (χ1v) is 7.66. The molecule has 2 aromatic rings. The highest BCUT2D eigenvalue weighted by molar-refractivity contribution is 6.32. The zero-order valence-corrected chi connectivity index (χ0v) is 12.0. The van der Waals surface area contributed by atoms with Gasteiger partial charge in [-0.05, 0) is 36.5 Å². The van der Waals surface area contributed by atoms with Crippen molar-refractivity contribution < 1.29 is 0 Å². The zero-order chi connectivity index (χ0) is 13.5. The third-order valence-corrected chi connectivity index (χ3v) is 4.97. The molecule has 4 rings (SSSR count). The van der Waals surface area contributed by atoms with Gasteiger partial charge in [-0.3, -0.25) is 0 Å². The van der Waals surface area contributed by atoms with Gasteiger partial charge in [-0.2, -0.15) is 0 Å². The molecule has 1 aromatic carbocycles. The quantitative estimate of drug-likeness (QED) is 0.843. The molecular formula is C17H17ClN2. The van der Waals surface area contributed by atoms with E-state index in [2.05, 4.69) is 28.5 Å². The maximum Gasteiger partial charge on any atom is 0.136 e. The van der Waals surface area contributed by atoms with E-state index in [1.54, 1.807) is 0 Å². The second kappa shape index (κ2) is 4.87. The summed E-state index contributed by atoms with van der Waals surface area (Å²) in [6.07, 6.45) is 5.82. The van der Waals surface area contributed by atoms with E-state index in [0.29, 0.717) is 23.2 Å². The van der Waals surface area contributed by atoms with Crippen molar-refractivity contribution >= 4 is 11.6 Å². The molecule has 2 fully saturated rings. The summed E-state index contributed by atoms with van der Waals surface area (Å²) in [5, 5.41) is 4.28. The maximum atomic E-state index is 6.29. The van der Waals surface area contributed by atoms with Crippen LogP contribution in [0.1, 0.15) is 30.7 Å². The van der Waals surface area contributed by atoms with E-state index in [0.717, 1.165) is 11.1 Å². The van der Waals surface area contributed by atoms with Crippen LogP contribution in [0.15, 0.2) is 42.6 Å². The number of benzene rings is 1. The number of fused-ring (bicyclic) bond motifs is 2. The van der Waals surface area contributed by atoms with Crippen molar-refractivity contribution in [1.82, 2.24) is 10.3 Å². The third kappa shape index (κ3) is 2.04. The normalized spacial score (nSPS) is 27.9. The van der Waals surface area contributed by atoms with Gasteiger partial charge in [0.15, 0.2) is 0 Å². The molecule has 0 saturated carbocycles. The van der Waals surface area contributed by atoms with Gasteiger partial charge in [-0.15, -0.1) is 0 Å². The van der Waals surface area contributed by atoms with Crippen LogP contribution in [0.25, 0.3) is 11.1 Å². The summed E-state index contributed by atoms with van der Waals surface area (Å²) < 4.78 is 0. The Bertz CT molecular complexity index is 626. The first-order valence-electron chi connectivity index (χ1n) is 7.28. The first-order chi connectivity index (χ1) is 9.81. The van der Waals surface area contributed by atoms with E-state index < -0.39 is 0 Å². The number of pyridine rings is 1. The van der Waals surface area contributed by atoms with E-state index in [9.17, 15) is 0 Å². The number of rotatable bonds is 2. The van der Waals surface area contributed by atoms with Crippen molar-refractivity contribution in [3.8, 4) is 11.1 Å². The summed E-state index contributed by atoms with van der Waals surface area (Å²) in [6, 6.07) is 13.9. The molecule has 0 aliphatic carbocycles. The minimum Gasteiger partial charge on any atom is -0.311 e. The second-order valence-corrected chi connectivity index (χ2v) is 6.22. The van der Waals surface area contributed by atoms with Crippen LogP contribution < -0.4 is 5.32 Å². The van der Waals surface area contributed by atoms with E-state index in [4.69, 9.17) is 11.6 Å². The lowest BCUT2D eigenvalue weighted by Gasteiger charge is -2.21. The summed E-state index contributed by atoms with van der Waals surface area (Å²) in [6.45, 7) is 0. The van der Waals surface area contributed by atoms with Crippen molar-refractivity contribution in [3.63, 3.8) is 0 Å². The van der Waals surface area contributed by atoms with Gasteiger partial charge in [0.2, 0.25) is 0 Å². The molecule has 1 N–H and O–H groups in total. The van der Waals surface area contributed by atoms with Crippen LogP contribution >= 0.6 is 11.6 Å².